The SMILES string of the molecule is CNC(c1ncc[nH]1)c1ccsc1C. The summed E-state index contributed by atoms with van der Waals surface area (Å²) in [6, 6.07) is 2.32. The number of imidazole rings is 1. The maximum Gasteiger partial charge on any atom is 0.127 e. The van der Waals surface area contributed by atoms with Gasteiger partial charge in [0.05, 0.1) is 6.04 Å². The Balaban J connectivity index is 2.36. The van der Waals surface area contributed by atoms with Crippen molar-refractivity contribution in [3.8, 4) is 0 Å². The fourth-order valence-electron chi connectivity index (χ4n) is 1.57. The molecule has 0 aliphatic carbocycles. The summed E-state index contributed by atoms with van der Waals surface area (Å²) in [4.78, 5) is 8.74. The Kier molecular flexibility index (Phi) is 2.65. The molecule has 14 heavy (non-hydrogen) atoms. The molecule has 0 aliphatic rings. The molecule has 2 N–H and O–H groups in total. The molecule has 2 rings (SSSR count). The molecule has 0 spiro atoms. The first-order valence-electron chi connectivity index (χ1n) is 4.53. The molecule has 3 nitrogen and oxygen atoms in total. The second kappa shape index (κ2) is 3.94. The van der Waals surface area contributed by atoms with Gasteiger partial charge < -0.3 is 10.3 Å². The molecular formula is C10H13N3S. The van der Waals surface area contributed by atoms with E-state index in [0.29, 0.717) is 0 Å². The van der Waals surface area contributed by atoms with Crippen molar-refractivity contribution in [3.63, 3.8) is 0 Å². The standard InChI is InChI=1S/C10H13N3S/c1-7-8(3-6-14-7)9(11-2)10-12-4-5-13-10/h3-6,9,11H,1-2H3,(H,12,13). The smallest absolute Gasteiger partial charge is 0.127 e. The van der Waals surface area contributed by atoms with Gasteiger partial charge in [0.2, 0.25) is 0 Å². The minimum atomic E-state index is 0.177. The summed E-state index contributed by atoms with van der Waals surface area (Å²) in [5, 5.41) is 5.37. The van der Waals surface area contributed by atoms with Crippen molar-refractivity contribution in [2.24, 2.45) is 0 Å². The van der Waals surface area contributed by atoms with E-state index in [1.807, 2.05) is 13.2 Å². The molecule has 0 aliphatic heterocycles. The van der Waals surface area contributed by atoms with Crippen LogP contribution in [-0.4, -0.2) is 17.0 Å². The summed E-state index contributed by atoms with van der Waals surface area (Å²) in [6.45, 7) is 2.13. The third kappa shape index (κ3) is 1.58. The number of nitrogens with zero attached hydrogens (tertiary/aromatic N) is 1. The zero-order valence-corrected chi connectivity index (χ0v) is 9.06. The largest absolute Gasteiger partial charge is 0.347 e. The molecule has 2 aromatic rings. The highest BCUT2D eigenvalue weighted by Crippen LogP contribution is 2.25. The highest BCUT2D eigenvalue weighted by atomic mass is 32.1. The summed E-state index contributed by atoms with van der Waals surface area (Å²) in [5.74, 6) is 0.967. The van der Waals surface area contributed by atoms with Gasteiger partial charge >= 0.3 is 0 Å². The first kappa shape index (κ1) is 9.43. The summed E-state index contributed by atoms with van der Waals surface area (Å²) in [7, 11) is 1.95. The Bertz CT molecular complexity index is 391. The van der Waals surface area contributed by atoms with E-state index in [1.165, 1.54) is 10.4 Å². The second-order valence-electron chi connectivity index (χ2n) is 3.13. The van der Waals surface area contributed by atoms with Crippen LogP contribution in [0.2, 0.25) is 0 Å². The van der Waals surface area contributed by atoms with Crippen LogP contribution < -0.4 is 5.32 Å². The molecule has 0 amide bonds. The van der Waals surface area contributed by atoms with Crippen molar-refractivity contribution in [2.75, 3.05) is 7.05 Å². The first-order valence-corrected chi connectivity index (χ1v) is 5.41. The van der Waals surface area contributed by atoms with Gasteiger partial charge in [0.25, 0.3) is 0 Å². The number of hydrogen-bond donors (Lipinski definition) is 2. The van der Waals surface area contributed by atoms with E-state index in [1.54, 1.807) is 17.5 Å². The summed E-state index contributed by atoms with van der Waals surface area (Å²) >= 11 is 1.76. The predicted molar refractivity (Wildman–Crippen MR) is 58.5 cm³/mol. The summed E-state index contributed by atoms with van der Waals surface area (Å²) in [6.07, 6.45) is 3.63. The molecule has 1 atom stereocenters. The van der Waals surface area contributed by atoms with Crippen molar-refractivity contribution < 1.29 is 0 Å². The molecule has 0 bridgehead atoms. The minimum Gasteiger partial charge on any atom is -0.347 e. The fourth-order valence-corrected chi connectivity index (χ4v) is 2.31. The van der Waals surface area contributed by atoms with Gasteiger partial charge in [-0.15, -0.1) is 11.3 Å². The average molecular weight is 207 g/mol. The molecule has 1 unspecified atom stereocenters. The van der Waals surface area contributed by atoms with Crippen molar-refractivity contribution >= 4 is 11.3 Å². The number of rotatable bonds is 3. The Morgan fingerprint density at radius 2 is 2.43 bits per heavy atom. The lowest BCUT2D eigenvalue weighted by atomic mass is 10.1. The van der Waals surface area contributed by atoms with Crippen LogP contribution in [0.1, 0.15) is 22.3 Å². The zero-order chi connectivity index (χ0) is 9.97. The minimum absolute atomic E-state index is 0.177. The van der Waals surface area contributed by atoms with Crippen molar-refractivity contribution in [1.29, 1.82) is 0 Å². The van der Waals surface area contributed by atoms with E-state index in [4.69, 9.17) is 0 Å². The monoisotopic (exact) mass is 207 g/mol. The van der Waals surface area contributed by atoms with Crippen LogP contribution in [0, 0.1) is 6.92 Å². The molecule has 0 saturated carbocycles. The lowest BCUT2D eigenvalue weighted by Gasteiger charge is -2.13. The van der Waals surface area contributed by atoms with Gasteiger partial charge in [-0.3, -0.25) is 0 Å². The van der Waals surface area contributed by atoms with E-state index in [0.717, 1.165) is 5.82 Å². The average Bonchev–Trinajstić information content (AvgIpc) is 2.80. The van der Waals surface area contributed by atoms with Gasteiger partial charge in [0.15, 0.2) is 0 Å². The summed E-state index contributed by atoms with van der Waals surface area (Å²) in [5.41, 5.74) is 1.30. The summed E-state index contributed by atoms with van der Waals surface area (Å²) < 4.78 is 0. The van der Waals surface area contributed by atoms with Crippen LogP contribution in [0.4, 0.5) is 0 Å². The number of aromatic nitrogens is 2. The van der Waals surface area contributed by atoms with E-state index < -0.39 is 0 Å². The van der Waals surface area contributed by atoms with Crippen LogP contribution in [0.5, 0.6) is 0 Å². The highest BCUT2D eigenvalue weighted by Gasteiger charge is 2.16. The molecule has 0 radical (unpaired) electrons. The van der Waals surface area contributed by atoms with E-state index >= 15 is 0 Å². The van der Waals surface area contributed by atoms with Crippen LogP contribution in [0.3, 0.4) is 0 Å². The molecule has 0 aromatic carbocycles. The maximum atomic E-state index is 4.27. The quantitative estimate of drug-likeness (QED) is 0.809. The normalized spacial score (nSPS) is 13.0. The molecule has 2 heterocycles. The Morgan fingerprint density at radius 1 is 1.57 bits per heavy atom. The van der Waals surface area contributed by atoms with Gasteiger partial charge in [0.1, 0.15) is 5.82 Å². The molecule has 0 fully saturated rings. The molecule has 74 valence electrons. The number of H-pyrrole nitrogens is 1. The van der Waals surface area contributed by atoms with Crippen LogP contribution >= 0.6 is 11.3 Å². The van der Waals surface area contributed by atoms with Gasteiger partial charge in [-0.1, -0.05) is 0 Å². The van der Waals surface area contributed by atoms with Gasteiger partial charge in [-0.2, -0.15) is 0 Å². The maximum absolute atomic E-state index is 4.27. The number of hydrogen-bond acceptors (Lipinski definition) is 3. The van der Waals surface area contributed by atoms with Gasteiger partial charge in [-0.25, -0.2) is 4.98 Å². The predicted octanol–water partition coefficient (Wildman–Crippen LogP) is 2.09. The van der Waals surface area contributed by atoms with Crippen LogP contribution in [0.25, 0.3) is 0 Å². The Hall–Kier alpha value is -1.13. The molecule has 4 heteroatoms. The molecule has 0 saturated heterocycles. The van der Waals surface area contributed by atoms with E-state index in [-0.39, 0.29) is 6.04 Å². The van der Waals surface area contributed by atoms with E-state index in [9.17, 15) is 0 Å². The topological polar surface area (TPSA) is 40.7 Å². The zero-order valence-electron chi connectivity index (χ0n) is 8.24. The number of aryl methyl sites for hydroxylation is 1. The lowest BCUT2D eigenvalue weighted by Crippen LogP contribution is -2.19. The number of nitrogens with one attached hydrogen (secondary N) is 2. The second-order valence-corrected chi connectivity index (χ2v) is 4.25. The Morgan fingerprint density at radius 3 is 2.93 bits per heavy atom. The van der Waals surface area contributed by atoms with Gasteiger partial charge in [0, 0.05) is 17.3 Å². The molecule has 2 aromatic heterocycles. The third-order valence-corrected chi connectivity index (χ3v) is 3.15. The van der Waals surface area contributed by atoms with Crippen LogP contribution in [-0.2, 0) is 0 Å². The highest BCUT2D eigenvalue weighted by molar-refractivity contribution is 7.10. The van der Waals surface area contributed by atoms with E-state index in [2.05, 4.69) is 33.7 Å². The van der Waals surface area contributed by atoms with Crippen LogP contribution in [0.15, 0.2) is 23.8 Å². The third-order valence-electron chi connectivity index (χ3n) is 2.29. The van der Waals surface area contributed by atoms with Crippen molar-refractivity contribution in [1.82, 2.24) is 15.3 Å². The first-order chi connectivity index (χ1) is 6.83. The number of thiophene rings is 1. The molecular weight excluding hydrogens is 194 g/mol. The lowest BCUT2D eigenvalue weighted by molar-refractivity contribution is 0.654. The fraction of sp³-hybridized carbons (Fsp3) is 0.300. The number of aromatic amines is 1. The Labute approximate surface area is 87.2 Å². The van der Waals surface area contributed by atoms with Crippen molar-refractivity contribution in [3.05, 3.63) is 40.1 Å². The van der Waals surface area contributed by atoms with Crippen molar-refractivity contribution in [2.45, 2.75) is 13.0 Å². The van der Waals surface area contributed by atoms with Gasteiger partial charge in [-0.05, 0) is 31.0 Å².